The zero-order valence-corrected chi connectivity index (χ0v) is 21.3. The van der Waals surface area contributed by atoms with Crippen LogP contribution in [0.25, 0.3) is 11.3 Å². The molecule has 2 heterocycles. The van der Waals surface area contributed by atoms with Crippen molar-refractivity contribution in [3.8, 4) is 17.3 Å². The topological polar surface area (TPSA) is 57.0 Å². The molecule has 4 aromatic rings. The van der Waals surface area contributed by atoms with Crippen molar-refractivity contribution in [3.63, 3.8) is 0 Å². The number of hydrogen-bond donors (Lipinski definition) is 0. The van der Waals surface area contributed by atoms with E-state index in [0.29, 0.717) is 17.0 Å². The maximum Gasteiger partial charge on any atom is 0.245 e. The Balaban J connectivity index is 1.53. The average molecular weight is 490 g/mol. The fourth-order valence-electron chi connectivity index (χ4n) is 4.60. The van der Waals surface area contributed by atoms with Gasteiger partial charge in [0.1, 0.15) is 11.1 Å². The summed E-state index contributed by atoms with van der Waals surface area (Å²) in [6, 6.07) is 30.4. The second-order valence-corrected chi connectivity index (χ2v) is 10.2. The molecule has 4 nitrogen and oxygen atoms in total. The van der Waals surface area contributed by atoms with Crippen LogP contribution in [0.5, 0.6) is 0 Å². The summed E-state index contributed by atoms with van der Waals surface area (Å²) >= 11 is 1.38. The molecule has 1 aromatic heterocycles. The van der Waals surface area contributed by atoms with Crippen LogP contribution in [0.1, 0.15) is 35.6 Å². The molecular weight excluding hydrogens is 462 g/mol. The lowest BCUT2D eigenvalue weighted by Gasteiger charge is -2.28. The van der Waals surface area contributed by atoms with Gasteiger partial charge < -0.3 is 0 Å². The van der Waals surface area contributed by atoms with E-state index in [0.717, 1.165) is 35.5 Å². The van der Waals surface area contributed by atoms with Crippen LogP contribution in [0.2, 0.25) is 0 Å². The van der Waals surface area contributed by atoms with Crippen LogP contribution in [-0.4, -0.2) is 16.1 Å². The van der Waals surface area contributed by atoms with Gasteiger partial charge in [-0.25, -0.2) is 4.98 Å². The van der Waals surface area contributed by atoms with Crippen LogP contribution in [0, 0.1) is 18.3 Å². The minimum Gasteiger partial charge on any atom is -0.280 e. The van der Waals surface area contributed by atoms with Gasteiger partial charge >= 0.3 is 0 Å². The lowest BCUT2D eigenvalue weighted by Crippen LogP contribution is -2.34. The first-order valence-electron chi connectivity index (χ1n) is 12.2. The first kappa shape index (κ1) is 23.8. The number of aromatic nitrogens is 1. The number of hydrogen-bond acceptors (Lipinski definition) is 4. The second-order valence-electron chi connectivity index (χ2n) is 8.97. The highest BCUT2D eigenvalue weighted by atomic mass is 32.2. The number of pyridine rings is 1. The average Bonchev–Trinajstić information content (AvgIpc) is 3.08. The third kappa shape index (κ3) is 4.65. The molecule has 1 amide bonds. The van der Waals surface area contributed by atoms with Crippen molar-refractivity contribution in [1.29, 1.82) is 5.26 Å². The summed E-state index contributed by atoms with van der Waals surface area (Å²) in [5.41, 5.74) is 7.65. The molecule has 0 aliphatic carbocycles. The molecule has 0 fully saturated rings. The number of amides is 1. The molecule has 0 saturated carbocycles. The van der Waals surface area contributed by atoms with Crippen LogP contribution in [0.4, 0.5) is 11.4 Å². The van der Waals surface area contributed by atoms with Crippen LogP contribution >= 0.6 is 11.8 Å². The van der Waals surface area contributed by atoms with Crippen LogP contribution in [0.15, 0.2) is 90.0 Å². The third-order valence-corrected chi connectivity index (χ3v) is 7.93. The van der Waals surface area contributed by atoms with Crippen LogP contribution in [0.3, 0.4) is 0 Å². The molecule has 178 valence electrons. The number of nitriles is 1. The summed E-state index contributed by atoms with van der Waals surface area (Å²) in [7, 11) is 0. The summed E-state index contributed by atoms with van der Waals surface area (Å²) in [4.78, 5) is 20.9. The van der Waals surface area contributed by atoms with E-state index in [-0.39, 0.29) is 5.91 Å². The number of rotatable bonds is 5. The van der Waals surface area contributed by atoms with E-state index in [2.05, 4.69) is 30.3 Å². The highest BCUT2D eigenvalue weighted by Gasteiger charge is 2.31. The van der Waals surface area contributed by atoms with Crippen molar-refractivity contribution in [2.75, 3.05) is 4.90 Å². The number of carbonyl (C=O) groups is 1. The summed E-state index contributed by atoms with van der Waals surface area (Å²) in [5, 5.41) is 9.99. The van der Waals surface area contributed by atoms with Gasteiger partial charge in [-0.05, 0) is 61.6 Å². The number of carbonyl (C=O) groups excluding carboxylic acids is 1. The Bertz CT molecular complexity index is 1410. The maximum atomic E-state index is 14.2. The summed E-state index contributed by atoms with van der Waals surface area (Å²) < 4.78 is 0. The standard InChI is InChI=1S/C31H27N3OS/c1-3-29(36-30-25(20-32)18-19-26(33-30)22-14-12-21(2)13-15-22)31(35)34-27-10-6-4-8-23(27)16-17-24-9-5-7-11-28(24)34/h4-15,18-19,29H,3,16-17H2,1-2H3. The van der Waals surface area contributed by atoms with E-state index in [1.165, 1.54) is 28.5 Å². The molecule has 0 bridgehead atoms. The van der Waals surface area contributed by atoms with Gasteiger partial charge in [0.25, 0.3) is 0 Å². The van der Waals surface area contributed by atoms with Crippen molar-refractivity contribution in [2.24, 2.45) is 0 Å². The van der Waals surface area contributed by atoms with Gasteiger partial charge in [0.2, 0.25) is 5.91 Å². The number of anilines is 2. The first-order valence-corrected chi connectivity index (χ1v) is 13.1. The van der Waals surface area contributed by atoms with Crippen molar-refractivity contribution >= 4 is 29.0 Å². The first-order chi connectivity index (χ1) is 17.6. The molecule has 0 saturated heterocycles. The predicted octanol–water partition coefficient (Wildman–Crippen LogP) is 7.26. The number of nitrogens with zero attached hydrogens (tertiary/aromatic N) is 3. The third-order valence-electron chi connectivity index (χ3n) is 6.58. The van der Waals surface area contributed by atoms with E-state index >= 15 is 0 Å². The number of benzene rings is 3. The molecule has 0 N–H and O–H groups in total. The van der Waals surface area contributed by atoms with E-state index in [4.69, 9.17) is 4.98 Å². The second kappa shape index (κ2) is 10.4. The van der Waals surface area contributed by atoms with Crippen molar-refractivity contribution in [1.82, 2.24) is 4.98 Å². The Morgan fingerprint density at radius 2 is 1.56 bits per heavy atom. The Morgan fingerprint density at radius 1 is 0.944 bits per heavy atom. The molecule has 36 heavy (non-hydrogen) atoms. The molecular formula is C31H27N3OS. The van der Waals surface area contributed by atoms with Gasteiger partial charge in [-0.3, -0.25) is 9.69 Å². The molecule has 0 spiro atoms. The highest BCUT2D eigenvalue weighted by molar-refractivity contribution is 8.00. The van der Waals surface area contributed by atoms with Gasteiger partial charge in [0, 0.05) is 5.56 Å². The van der Waals surface area contributed by atoms with E-state index in [9.17, 15) is 10.1 Å². The van der Waals surface area contributed by atoms with E-state index < -0.39 is 5.25 Å². The minimum atomic E-state index is -0.392. The highest BCUT2D eigenvalue weighted by Crippen LogP contribution is 2.39. The number of fused-ring (bicyclic) bond motifs is 2. The maximum absolute atomic E-state index is 14.2. The molecule has 1 unspecified atom stereocenters. The van der Waals surface area contributed by atoms with Crippen molar-refractivity contribution in [3.05, 3.63) is 107 Å². The molecule has 5 rings (SSSR count). The monoisotopic (exact) mass is 489 g/mol. The van der Waals surface area contributed by atoms with Crippen LogP contribution < -0.4 is 4.90 Å². The smallest absolute Gasteiger partial charge is 0.245 e. The molecule has 5 heteroatoms. The molecule has 0 radical (unpaired) electrons. The zero-order valence-electron chi connectivity index (χ0n) is 20.4. The van der Waals surface area contributed by atoms with Gasteiger partial charge in [-0.2, -0.15) is 5.26 Å². The fourth-order valence-corrected chi connectivity index (χ4v) is 5.64. The SMILES string of the molecule is CCC(Sc1nc(-c2ccc(C)cc2)ccc1C#N)C(=O)N1c2ccccc2CCc2ccccc21. The lowest BCUT2D eigenvalue weighted by molar-refractivity contribution is -0.117. The van der Waals surface area contributed by atoms with Crippen molar-refractivity contribution < 1.29 is 4.79 Å². The number of para-hydroxylation sites is 2. The van der Waals surface area contributed by atoms with Crippen LogP contribution in [-0.2, 0) is 17.6 Å². The van der Waals surface area contributed by atoms with Gasteiger partial charge in [0.05, 0.1) is 27.9 Å². The molecule has 1 aliphatic rings. The summed E-state index contributed by atoms with van der Waals surface area (Å²) in [6.07, 6.45) is 2.39. The Kier molecular flexibility index (Phi) is 6.88. The van der Waals surface area contributed by atoms with Gasteiger partial charge in [0.15, 0.2) is 0 Å². The normalized spacial score (nSPS) is 13.2. The van der Waals surface area contributed by atoms with E-state index in [1.54, 1.807) is 6.07 Å². The quantitative estimate of drug-likeness (QED) is 0.277. The predicted molar refractivity (Wildman–Crippen MR) is 146 cm³/mol. The lowest BCUT2D eigenvalue weighted by atomic mass is 10.0. The summed E-state index contributed by atoms with van der Waals surface area (Å²) in [6.45, 7) is 4.06. The van der Waals surface area contributed by atoms with E-state index in [1.807, 2.05) is 73.3 Å². The van der Waals surface area contributed by atoms with Crippen molar-refractivity contribution in [2.45, 2.75) is 43.4 Å². The number of aryl methyl sites for hydroxylation is 3. The fraction of sp³-hybridized carbons (Fsp3) is 0.194. The molecule has 3 aromatic carbocycles. The largest absolute Gasteiger partial charge is 0.280 e. The summed E-state index contributed by atoms with van der Waals surface area (Å²) in [5.74, 6) is 0.00993. The van der Waals surface area contributed by atoms with Gasteiger partial charge in [-0.1, -0.05) is 84.9 Å². The van der Waals surface area contributed by atoms with Gasteiger partial charge in [-0.15, -0.1) is 0 Å². The Labute approximate surface area is 216 Å². The minimum absolute atomic E-state index is 0.00993. The molecule has 1 atom stereocenters. The zero-order chi connectivity index (χ0) is 25.1. The Hall–Kier alpha value is -3.88. The number of thioether (sulfide) groups is 1. The molecule has 1 aliphatic heterocycles. The Morgan fingerprint density at radius 3 is 2.14 bits per heavy atom.